The summed E-state index contributed by atoms with van der Waals surface area (Å²) in [5.74, 6) is -3.65. The van der Waals surface area contributed by atoms with Crippen molar-refractivity contribution in [2.24, 2.45) is 11.8 Å². The van der Waals surface area contributed by atoms with Crippen molar-refractivity contribution in [1.29, 1.82) is 0 Å². The number of carbonyl (C=O) groups is 3. The predicted molar refractivity (Wildman–Crippen MR) is 110 cm³/mol. The highest BCUT2D eigenvalue weighted by molar-refractivity contribution is 5.98. The summed E-state index contributed by atoms with van der Waals surface area (Å²) in [5.41, 5.74) is -2.13. The molecular weight excluding hydrogens is 388 g/mol. The first kappa shape index (κ1) is 22.7. The maximum absolute atomic E-state index is 13.8. The van der Waals surface area contributed by atoms with Crippen LogP contribution in [0.4, 0.5) is 0 Å². The minimum atomic E-state index is -1.17. The average molecular weight is 423 g/mol. The number of carboxylic acid groups (broad SMARTS) is 1. The van der Waals surface area contributed by atoms with Gasteiger partial charge in [-0.3, -0.25) is 14.4 Å². The second-order valence-electron chi connectivity index (χ2n) is 9.12. The maximum Gasteiger partial charge on any atom is 0.310 e. The number of unbranched alkanes of at least 4 members (excludes halogenated alkanes) is 2. The van der Waals surface area contributed by atoms with Gasteiger partial charge in [0.15, 0.2) is 0 Å². The van der Waals surface area contributed by atoms with Crippen LogP contribution in [0.1, 0.15) is 52.9 Å². The van der Waals surface area contributed by atoms with E-state index in [-0.39, 0.29) is 12.5 Å². The van der Waals surface area contributed by atoms with Crippen LogP contribution in [0.15, 0.2) is 12.7 Å². The topological polar surface area (TPSA) is 107 Å². The number of aliphatic hydroxyl groups is 1. The lowest BCUT2D eigenvalue weighted by molar-refractivity contribution is -0.158. The van der Waals surface area contributed by atoms with Gasteiger partial charge >= 0.3 is 5.97 Å². The Hall–Kier alpha value is -1.93. The molecule has 3 rings (SSSR count). The monoisotopic (exact) mass is 422 g/mol. The molecule has 30 heavy (non-hydrogen) atoms. The molecule has 1 spiro atoms. The number of nitrogens with zero attached hydrogens (tertiary/aromatic N) is 2. The molecule has 3 aliphatic rings. The quantitative estimate of drug-likeness (QED) is 0.407. The second kappa shape index (κ2) is 8.30. The van der Waals surface area contributed by atoms with E-state index in [0.717, 1.165) is 19.3 Å². The van der Waals surface area contributed by atoms with E-state index in [2.05, 4.69) is 13.5 Å². The molecule has 0 aromatic heterocycles. The van der Waals surface area contributed by atoms with Crippen molar-refractivity contribution in [1.82, 2.24) is 9.80 Å². The Morgan fingerprint density at radius 1 is 1.40 bits per heavy atom. The minimum Gasteiger partial charge on any atom is -0.481 e. The van der Waals surface area contributed by atoms with Gasteiger partial charge in [-0.2, -0.15) is 0 Å². The molecule has 0 saturated carbocycles. The molecular formula is C22H34N2O6. The molecule has 3 heterocycles. The molecule has 2 unspecified atom stereocenters. The molecule has 3 fully saturated rings. The van der Waals surface area contributed by atoms with Crippen molar-refractivity contribution < 1.29 is 29.3 Å². The van der Waals surface area contributed by atoms with E-state index < -0.39 is 47.0 Å². The van der Waals surface area contributed by atoms with Gasteiger partial charge in [-0.1, -0.05) is 25.8 Å². The molecule has 0 aromatic carbocycles. The molecule has 2 N–H and O–H groups in total. The highest BCUT2D eigenvalue weighted by Gasteiger charge is 2.78. The van der Waals surface area contributed by atoms with E-state index in [1.54, 1.807) is 24.8 Å². The fourth-order valence-corrected chi connectivity index (χ4v) is 5.75. The number of hydrogen-bond donors (Lipinski definition) is 2. The lowest BCUT2D eigenvalue weighted by Gasteiger charge is -2.38. The highest BCUT2D eigenvalue weighted by atomic mass is 16.5. The summed E-state index contributed by atoms with van der Waals surface area (Å²) in [4.78, 5) is 42.4. The van der Waals surface area contributed by atoms with Crippen LogP contribution < -0.4 is 0 Å². The van der Waals surface area contributed by atoms with Gasteiger partial charge in [0.05, 0.1) is 30.1 Å². The van der Waals surface area contributed by atoms with Gasteiger partial charge in [0, 0.05) is 13.1 Å². The SMILES string of the molecule is C=CCN(CCCCC)C(=O)C1N([C@H](C)CO)C(=O)[C@@H]2[C@@H](C(=O)O)[C@@]3(C)CCC12O3. The lowest BCUT2D eigenvalue weighted by atomic mass is 9.66. The zero-order chi connectivity index (χ0) is 22.3. The molecule has 8 heteroatoms. The summed E-state index contributed by atoms with van der Waals surface area (Å²) in [6, 6.07) is -1.55. The number of amides is 2. The lowest BCUT2D eigenvalue weighted by Crippen LogP contribution is -2.58. The number of aliphatic carboxylic acids is 1. The molecule has 0 aliphatic carbocycles. The van der Waals surface area contributed by atoms with Gasteiger partial charge in [-0.05, 0) is 33.1 Å². The number of carbonyl (C=O) groups excluding carboxylic acids is 2. The van der Waals surface area contributed by atoms with E-state index in [4.69, 9.17) is 4.74 Å². The number of hydrogen-bond acceptors (Lipinski definition) is 5. The maximum atomic E-state index is 13.8. The molecule has 0 radical (unpaired) electrons. The molecule has 6 atom stereocenters. The predicted octanol–water partition coefficient (Wildman–Crippen LogP) is 1.42. The third-order valence-corrected chi connectivity index (χ3v) is 7.15. The van der Waals surface area contributed by atoms with Gasteiger partial charge in [0.1, 0.15) is 11.6 Å². The number of fused-ring (bicyclic) bond motifs is 1. The number of ether oxygens (including phenoxy) is 1. The van der Waals surface area contributed by atoms with Crippen LogP contribution in [0, 0.1) is 11.8 Å². The smallest absolute Gasteiger partial charge is 0.310 e. The Kier molecular flexibility index (Phi) is 6.30. The van der Waals surface area contributed by atoms with E-state index in [9.17, 15) is 24.6 Å². The Balaban J connectivity index is 2.03. The third kappa shape index (κ3) is 3.24. The Morgan fingerprint density at radius 2 is 2.10 bits per heavy atom. The standard InChI is InChI=1S/C22H34N2O6/c1-5-7-8-12-23(11-6-2)19(27)17-22-10-9-21(4,30-22)16(20(28)29)15(22)18(26)24(17)14(3)13-25/h6,14-17,25H,2,5,7-13H2,1,3-4H3,(H,28,29)/t14-,15+,16+,17?,21-,22?/m1/s1. The molecule has 3 saturated heterocycles. The summed E-state index contributed by atoms with van der Waals surface area (Å²) in [6.45, 7) is 9.81. The first-order chi connectivity index (χ1) is 14.2. The van der Waals surface area contributed by atoms with E-state index in [0.29, 0.717) is 25.9 Å². The average Bonchev–Trinajstić information content (AvgIpc) is 3.27. The van der Waals surface area contributed by atoms with Crippen LogP contribution in [0.25, 0.3) is 0 Å². The van der Waals surface area contributed by atoms with Crippen molar-refractivity contribution in [3.63, 3.8) is 0 Å². The summed E-state index contributed by atoms with van der Waals surface area (Å²) < 4.78 is 6.33. The normalized spacial score (nSPS) is 35.4. The Labute approximate surface area is 177 Å². The van der Waals surface area contributed by atoms with Crippen LogP contribution in [-0.4, -0.2) is 80.8 Å². The van der Waals surface area contributed by atoms with Crippen LogP contribution in [-0.2, 0) is 19.1 Å². The fraction of sp³-hybridized carbons (Fsp3) is 0.773. The zero-order valence-corrected chi connectivity index (χ0v) is 18.2. The van der Waals surface area contributed by atoms with E-state index in [1.807, 2.05) is 0 Å². The summed E-state index contributed by atoms with van der Waals surface area (Å²) in [7, 11) is 0. The molecule has 2 amide bonds. The largest absolute Gasteiger partial charge is 0.481 e. The summed E-state index contributed by atoms with van der Waals surface area (Å²) in [6.07, 6.45) is 5.41. The molecule has 3 aliphatic heterocycles. The van der Waals surface area contributed by atoms with Crippen LogP contribution in [0.3, 0.4) is 0 Å². The molecule has 2 bridgehead atoms. The Bertz CT molecular complexity index is 726. The van der Waals surface area contributed by atoms with Crippen molar-refractivity contribution in [2.75, 3.05) is 19.7 Å². The van der Waals surface area contributed by atoms with Gasteiger partial charge in [0.2, 0.25) is 11.8 Å². The fourth-order valence-electron chi connectivity index (χ4n) is 5.75. The number of carboxylic acids is 1. The van der Waals surface area contributed by atoms with Crippen LogP contribution in [0.2, 0.25) is 0 Å². The molecule has 0 aromatic rings. The van der Waals surface area contributed by atoms with Crippen molar-refractivity contribution in [3.05, 3.63) is 12.7 Å². The first-order valence-electron chi connectivity index (χ1n) is 10.9. The van der Waals surface area contributed by atoms with Gasteiger partial charge in [-0.25, -0.2) is 0 Å². The van der Waals surface area contributed by atoms with Crippen molar-refractivity contribution in [2.45, 2.75) is 76.2 Å². The molecule has 8 nitrogen and oxygen atoms in total. The van der Waals surface area contributed by atoms with Crippen molar-refractivity contribution >= 4 is 17.8 Å². The summed E-state index contributed by atoms with van der Waals surface area (Å²) >= 11 is 0. The first-order valence-corrected chi connectivity index (χ1v) is 10.9. The highest BCUT2D eigenvalue weighted by Crippen LogP contribution is 2.63. The van der Waals surface area contributed by atoms with Gasteiger partial charge in [-0.15, -0.1) is 6.58 Å². The van der Waals surface area contributed by atoms with Gasteiger partial charge < -0.3 is 24.7 Å². The van der Waals surface area contributed by atoms with Crippen LogP contribution in [0.5, 0.6) is 0 Å². The zero-order valence-electron chi connectivity index (χ0n) is 18.2. The second-order valence-corrected chi connectivity index (χ2v) is 9.12. The van der Waals surface area contributed by atoms with E-state index >= 15 is 0 Å². The van der Waals surface area contributed by atoms with Gasteiger partial charge in [0.25, 0.3) is 0 Å². The number of rotatable bonds is 10. The third-order valence-electron chi connectivity index (χ3n) is 7.15. The Morgan fingerprint density at radius 3 is 2.67 bits per heavy atom. The van der Waals surface area contributed by atoms with E-state index in [1.165, 1.54) is 4.90 Å². The number of likely N-dealkylation sites (tertiary alicyclic amines) is 1. The molecule has 168 valence electrons. The van der Waals surface area contributed by atoms with Crippen LogP contribution >= 0.6 is 0 Å². The number of aliphatic hydroxyl groups excluding tert-OH is 1. The minimum absolute atomic E-state index is 0.252. The van der Waals surface area contributed by atoms with Crippen molar-refractivity contribution in [3.8, 4) is 0 Å². The summed E-state index contributed by atoms with van der Waals surface area (Å²) in [5, 5.41) is 19.7.